The van der Waals surface area contributed by atoms with E-state index in [9.17, 15) is 0 Å². The van der Waals surface area contributed by atoms with Gasteiger partial charge in [0.2, 0.25) is 0 Å². The van der Waals surface area contributed by atoms with Gasteiger partial charge in [-0.15, -0.1) is 0 Å². The van der Waals surface area contributed by atoms with Crippen molar-refractivity contribution in [3.63, 3.8) is 0 Å². The average molecular weight is 242 g/mol. The fourth-order valence-electron chi connectivity index (χ4n) is 1.90. The fraction of sp³-hybridized carbons (Fsp3) is 0.286. The van der Waals surface area contributed by atoms with Crippen LogP contribution in [0.25, 0.3) is 0 Å². The van der Waals surface area contributed by atoms with Crippen LogP contribution in [0.5, 0.6) is 0 Å². The predicted molar refractivity (Wildman–Crippen MR) is 74.7 cm³/mol. The van der Waals surface area contributed by atoms with E-state index in [-0.39, 0.29) is 0 Å². The van der Waals surface area contributed by atoms with Crippen LogP contribution in [-0.2, 0) is 13.0 Å². The first-order valence-electron chi connectivity index (χ1n) is 6.14. The molecular weight excluding hydrogens is 224 g/mol. The second-order valence-corrected chi connectivity index (χ2v) is 3.99. The summed E-state index contributed by atoms with van der Waals surface area (Å²) in [7, 11) is 1.88. The highest BCUT2D eigenvalue weighted by Crippen LogP contribution is 2.20. The summed E-state index contributed by atoms with van der Waals surface area (Å²) < 4.78 is 0. The van der Waals surface area contributed by atoms with Crippen LogP contribution in [0, 0.1) is 0 Å². The predicted octanol–water partition coefficient (Wildman–Crippen LogP) is 2.69. The topological polar surface area (TPSA) is 49.8 Å². The molecule has 18 heavy (non-hydrogen) atoms. The summed E-state index contributed by atoms with van der Waals surface area (Å²) in [5.41, 5.74) is 2.36. The molecule has 0 aliphatic carbocycles. The van der Waals surface area contributed by atoms with Crippen LogP contribution in [0.4, 0.5) is 11.6 Å². The van der Waals surface area contributed by atoms with E-state index in [0.717, 1.165) is 30.2 Å². The summed E-state index contributed by atoms with van der Waals surface area (Å²) >= 11 is 0. The van der Waals surface area contributed by atoms with Crippen LogP contribution in [0.3, 0.4) is 0 Å². The van der Waals surface area contributed by atoms with Gasteiger partial charge in [0, 0.05) is 19.2 Å². The molecule has 0 spiro atoms. The zero-order valence-electron chi connectivity index (χ0n) is 10.8. The van der Waals surface area contributed by atoms with Gasteiger partial charge in [-0.25, -0.2) is 9.97 Å². The average Bonchev–Trinajstić information content (AvgIpc) is 2.45. The van der Waals surface area contributed by atoms with Crippen LogP contribution in [0.2, 0.25) is 0 Å². The summed E-state index contributed by atoms with van der Waals surface area (Å²) in [6, 6.07) is 10.3. The third kappa shape index (κ3) is 2.77. The highest BCUT2D eigenvalue weighted by atomic mass is 15.1. The van der Waals surface area contributed by atoms with E-state index in [1.807, 2.05) is 25.2 Å². The Hall–Kier alpha value is -2.10. The molecule has 0 unspecified atom stereocenters. The van der Waals surface area contributed by atoms with Gasteiger partial charge in [0.25, 0.3) is 0 Å². The fourth-order valence-corrected chi connectivity index (χ4v) is 1.90. The zero-order chi connectivity index (χ0) is 12.8. The Morgan fingerprint density at radius 1 is 1.06 bits per heavy atom. The summed E-state index contributed by atoms with van der Waals surface area (Å²) in [5.74, 6) is 1.80. The molecule has 1 heterocycles. The molecule has 0 aliphatic heterocycles. The van der Waals surface area contributed by atoms with E-state index in [1.165, 1.54) is 5.56 Å². The van der Waals surface area contributed by atoms with Crippen molar-refractivity contribution in [3.8, 4) is 0 Å². The number of aromatic nitrogens is 2. The highest BCUT2D eigenvalue weighted by Gasteiger charge is 2.07. The molecule has 4 heteroatoms. The molecule has 0 atom stereocenters. The summed E-state index contributed by atoms with van der Waals surface area (Å²) in [6.45, 7) is 2.88. The lowest BCUT2D eigenvalue weighted by Gasteiger charge is -2.12. The minimum atomic E-state index is 0.772. The molecule has 1 aromatic heterocycles. The van der Waals surface area contributed by atoms with Gasteiger partial charge < -0.3 is 10.6 Å². The summed E-state index contributed by atoms with van der Waals surface area (Å²) in [5, 5.41) is 6.46. The molecule has 0 saturated carbocycles. The van der Waals surface area contributed by atoms with Crippen molar-refractivity contribution in [2.24, 2.45) is 0 Å². The third-order valence-corrected chi connectivity index (χ3v) is 2.84. The molecule has 0 aliphatic rings. The molecule has 1 aromatic carbocycles. The lowest BCUT2D eigenvalue weighted by Crippen LogP contribution is -2.07. The van der Waals surface area contributed by atoms with Crippen LogP contribution >= 0.6 is 0 Å². The molecular formula is C14H18N4. The third-order valence-electron chi connectivity index (χ3n) is 2.84. The molecule has 4 nitrogen and oxygen atoms in total. The van der Waals surface area contributed by atoms with Gasteiger partial charge >= 0.3 is 0 Å². The largest absolute Gasteiger partial charge is 0.373 e. The second-order valence-electron chi connectivity index (χ2n) is 3.99. The normalized spacial score (nSPS) is 10.1. The number of hydrogen-bond donors (Lipinski definition) is 2. The van der Waals surface area contributed by atoms with Gasteiger partial charge in [0.1, 0.15) is 18.0 Å². The van der Waals surface area contributed by atoms with Crippen LogP contribution in [0.1, 0.15) is 18.1 Å². The molecule has 0 fully saturated rings. The number of nitrogens with one attached hydrogen (secondary N) is 2. The highest BCUT2D eigenvalue weighted by molar-refractivity contribution is 5.57. The Labute approximate surface area is 107 Å². The first-order valence-corrected chi connectivity index (χ1v) is 6.14. The van der Waals surface area contributed by atoms with Crippen molar-refractivity contribution < 1.29 is 0 Å². The lowest BCUT2D eigenvalue weighted by atomic mass is 10.2. The van der Waals surface area contributed by atoms with E-state index in [0.29, 0.717) is 0 Å². The van der Waals surface area contributed by atoms with E-state index in [2.05, 4.69) is 39.7 Å². The zero-order valence-corrected chi connectivity index (χ0v) is 10.8. The Morgan fingerprint density at radius 3 is 2.44 bits per heavy atom. The number of anilines is 2. The quantitative estimate of drug-likeness (QED) is 0.846. The number of hydrogen-bond acceptors (Lipinski definition) is 4. The maximum atomic E-state index is 4.31. The molecule has 2 aromatic rings. The van der Waals surface area contributed by atoms with Crippen molar-refractivity contribution in [3.05, 3.63) is 47.8 Å². The molecule has 2 rings (SSSR count). The number of nitrogens with zero attached hydrogens (tertiary/aromatic N) is 2. The van der Waals surface area contributed by atoms with E-state index >= 15 is 0 Å². The lowest BCUT2D eigenvalue weighted by molar-refractivity contribution is 1.01. The smallest absolute Gasteiger partial charge is 0.134 e. The van der Waals surface area contributed by atoms with Crippen molar-refractivity contribution in [2.45, 2.75) is 19.9 Å². The first-order chi connectivity index (χ1) is 8.85. The maximum Gasteiger partial charge on any atom is 0.134 e. The molecule has 2 N–H and O–H groups in total. The second kappa shape index (κ2) is 6.00. The van der Waals surface area contributed by atoms with E-state index < -0.39 is 0 Å². The van der Waals surface area contributed by atoms with Gasteiger partial charge in [-0.2, -0.15) is 0 Å². The van der Waals surface area contributed by atoms with Crippen LogP contribution in [-0.4, -0.2) is 17.0 Å². The Bertz CT molecular complexity index is 496. The van der Waals surface area contributed by atoms with Gasteiger partial charge in [0.15, 0.2) is 0 Å². The number of rotatable bonds is 5. The van der Waals surface area contributed by atoms with Crippen molar-refractivity contribution in [2.75, 3.05) is 17.7 Å². The molecule has 0 saturated heterocycles. The Kier molecular flexibility index (Phi) is 4.12. The van der Waals surface area contributed by atoms with Crippen molar-refractivity contribution in [1.82, 2.24) is 9.97 Å². The van der Waals surface area contributed by atoms with E-state index in [1.54, 1.807) is 6.33 Å². The minimum absolute atomic E-state index is 0.772. The minimum Gasteiger partial charge on any atom is -0.373 e. The van der Waals surface area contributed by atoms with Gasteiger partial charge in [-0.3, -0.25) is 0 Å². The molecule has 0 bridgehead atoms. The molecule has 0 amide bonds. The SMILES string of the molecule is CCc1c(NC)ncnc1NCc1ccccc1. The first kappa shape index (κ1) is 12.4. The van der Waals surface area contributed by atoms with Gasteiger partial charge in [-0.05, 0) is 12.0 Å². The number of benzene rings is 1. The van der Waals surface area contributed by atoms with Gasteiger partial charge in [-0.1, -0.05) is 37.3 Å². The summed E-state index contributed by atoms with van der Waals surface area (Å²) in [6.07, 6.45) is 2.48. The van der Waals surface area contributed by atoms with Crippen molar-refractivity contribution in [1.29, 1.82) is 0 Å². The maximum absolute atomic E-state index is 4.31. The van der Waals surface area contributed by atoms with Gasteiger partial charge in [0.05, 0.1) is 0 Å². The Balaban J connectivity index is 2.14. The standard InChI is InChI=1S/C14H18N4/c1-3-12-13(15-2)17-10-18-14(12)16-9-11-7-5-4-6-8-11/h4-8,10H,3,9H2,1-2H3,(H2,15,16,17,18). The molecule has 0 radical (unpaired) electrons. The van der Waals surface area contributed by atoms with Crippen molar-refractivity contribution >= 4 is 11.6 Å². The summed E-state index contributed by atoms with van der Waals surface area (Å²) in [4.78, 5) is 8.53. The monoisotopic (exact) mass is 242 g/mol. The Morgan fingerprint density at radius 2 is 1.78 bits per heavy atom. The molecule has 94 valence electrons. The van der Waals surface area contributed by atoms with Crippen LogP contribution in [0.15, 0.2) is 36.7 Å². The van der Waals surface area contributed by atoms with Crippen LogP contribution < -0.4 is 10.6 Å². The van der Waals surface area contributed by atoms with E-state index in [4.69, 9.17) is 0 Å².